The number of carbonyl (C=O) groups excluding carboxylic acids is 1. The third kappa shape index (κ3) is 3.56. The summed E-state index contributed by atoms with van der Waals surface area (Å²) >= 11 is 1.63. The van der Waals surface area contributed by atoms with Crippen LogP contribution in [0.4, 0.5) is 5.13 Å². The monoisotopic (exact) mass is 399 g/mol. The maximum Gasteiger partial charge on any atom is 0.329 e. The largest absolute Gasteiger partial charge is 0.345 e. The van der Waals surface area contributed by atoms with Crippen molar-refractivity contribution in [3.05, 3.63) is 46.3 Å². The van der Waals surface area contributed by atoms with Gasteiger partial charge in [-0.2, -0.15) is 0 Å². The van der Waals surface area contributed by atoms with Gasteiger partial charge in [-0.25, -0.2) is 9.78 Å². The molecule has 3 aromatic rings. The number of hydrogen-bond donors (Lipinski definition) is 0. The van der Waals surface area contributed by atoms with Gasteiger partial charge in [0.2, 0.25) is 5.91 Å². The summed E-state index contributed by atoms with van der Waals surface area (Å²) in [6, 6.07) is 7.82. The smallest absolute Gasteiger partial charge is 0.329 e. The molecule has 1 fully saturated rings. The number of hydrogen-bond acceptors (Lipinski definition) is 5. The second-order valence-electron chi connectivity index (χ2n) is 7.01. The molecule has 8 heteroatoms. The van der Waals surface area contributed by atoms with E-state index >= 15 is 0 Å². The summed E-state index contributed by atoms with van der Waals surface area (Å²) in [6.07, 6.45) is 3.05. The quantitative estimate of drug-likeness (QED) is 0.639. The predicted octanol–water partition coefficient (Wildman–Crippen LogP) is 2.41. The third-order valence-corrected chi connectivity index (χ3v) is 6.08. The highest BCUT2D eigenvalue weighted by Crippen LogP contribution is 2.19. The van der Waals surface area contributed by atoms with Gasteiger partial charge in [0.1, 0.15) is 0 Å². The number of nitrogens with zero attached hydrogens (tertiary/aromatic N) is 5. The average molecular weight is 400 g/mol. The van der Waals surface area contributed by atoms with Crippen LogP contribution in [-0.2, 0) is 17.9 Å². The Labute approximate surface area is 167 Å². The van der Waals surface area contributed by atoms with Gasteiger partial charge in [0.05, 0.1) is 11.0 Å². The summed E-state index contributed by atoms with van der Waals surface area (Å²) in [6.45, 7) is 6.17. The zero-order valence-electron chi connectivity index (χ0n) is 16.1. The fourth-order valence-electron chi connectivity index (χ4n) is 3.81. The molecule has 148 valence electrons. The Morgan fingerprint density at radius 1 is 1.07 bits per heavy atom. The molecular weight excluding hydrogens is 374 g/mol. The van der Waals surface area contributed by atoms with Crippen molar-refractivity contribution in [2.24, 2.45) is 0 Å². The molecule has 0 aliphatic carbocycles. The van der Waals surface area contributed by atoms with Crippen LogP contribution in [0.5, 0.6) is 0 Å². The second-order valence-corrected chi connectivity index (χ2v) is 7.88. The van der Waals surface area contributed by atoms with Gasteiger partial charge in [0.25, 0.3) is 0 Å². The highest BCUT2D eigenvalue weighted by atomic mass is 32.1. The summed E-state index contributed by atoms with van der Waals surface area (Å²) in [5, 5.41) is 2.99. The first-order valence-electron chi connectivity index (χ1n) is 9.79. The number of aromatic nitrogens is 3. The van der Waals surface area contributed by atoms with Crippen molar-refractivity contribution in [2.75, 3.05) is 31.1 Å². The Morgan fingerprint density at radius 3 is 2.36 bits per heavy atom. The average Bonchev–Trinajstić information content (AvgIpc) is 3.35. The van der Waals surface area contributed by atoms with Gasteiger partial charge < -0.3 is 9.80 Å². The minimum Gasteiger partial charge on any atom is -0.345 e. The van der Waals surface area contributed by atoms with Crippen molar-refractivity contribution in [3.8, 4) is 0 Å². The van der Waals surface area contributed by atoms with Gasteiger partial charge >= 0.3 is 5.69 Å². The lowest BCUT2D eigenvalue weighted by atomic mass is 10.2. The fraction of sp³-hybridized carbons (Fsp3) is 0.450. The van der Waals surface area contributed by atoms with Crippen LogP contribution in [0, 0.1) is 0 Å². The first kappa shape index (κ1) is 18.7. The molecule has 0 radical (unpaired) electrons. The number of fused-ring (bicyclic) bond motifs is 1. The van der Waals surface area contributed by atoms with Crippen molar-refractivity contribution in [3.63, 3.8) is 0 Å². The molecule has 0 spiro atoms. The lowest BCUT2D eigenvalue weighted by molar-refractivity contribution is -0.131. The van der Waals surface area contributed by atoms with E-state index in [2.05, 4.69) is 16.8 Å². The van der Waals surface area contributed by atoms with E-state index in [4.69, 9.17) is 0 Å². The molecule has 0 unspecified atom stereocenters. The molecule has 0 N–H and O–H groups in total. The number of benzene rings is 1. The minimum atomic E-state index is -0.0237. The molecule has 1 aliphatic rings. The molecule has 3 heterocycles. The van der Waals surface area contributed by atoms with E-state index in [0.717, 1.165) is 35.7 Å². The van der Waals surface area contributed by atoms with Gasteiger partial charge in [-0.1, -0.05) is 19.1 Å². The molecule has 1 amide bonds. The molecule has 1 aromatic carbocycles. The number of thiazole rings is 1. The van der Waals surface area contributed by atoms with Crippen molar-refractivity contribution >= 4 is 33.4 Å². The molecule has 0 bridgehead atoms. The first-order valence-corrected chi connectivity index (χ1v) is 10.7. The van der Waals surface area contributed by atoms with Crippen LogP contribution in [0.15, 0.2) is 40.6 Å². The van der Waals surface area contributed by atoms with Crippen molar-refractivity contribution < 1.29 is 4.79 Å². The van der Waals surface area contributed by atoms with Crippen LogP contribution >= 0.6 is 11.3 Å². The zero-order valence-corrected chi connectivity index (χ0v) is 16.9. The van der Waals surface area contributed by atoms with Crippen LogP contribution in [-0.4, -0.2) is 51.1 Å². The number of imidazole rings is 1. The van der Waals surface area contributed by atoms with Crippen LogP contribution < -0.4 is 10.6 Å². The number of rotatable bonds is 6. The number of amides is 1. The molecule has 1 saturated heterocycles. The number of anilines is 1. The van der Waals surface area contributed by atoms with E-state index in [1.165, 1.54) is 0 Å². The van der Waals surface area contributed by atoms with Crippen molar-refractivity contribution in [1.29, 1.82) is 0 Å². The Bertz CT molecular complexity index is 999. The molecular formula is C20H25N5O2S. The van der Waals surface area contributed by atoms with Crippen LogP contribution in [0.1, 0.15) is 19.8 Å². The summed E-state index contributed by atoms with van der Waals surface area (Å²) < 4.78 is 3.56. The first-order chi connectivity index (χ1) is 13.7. The van der Waals surface area contributed by atoms with Gasteiger partial charge in [-0.15, -0.1) is 11.3 Å². The standard InChI is InChI=1S/C20H25N5O2S/c1-2-9-24-16-5-3-4-6-17(16)25(20(24)27)10-7-18(26)22-11-13-23(14-12-22)19-21-8-15-28-19/h3-6,8,15H,2,7,9-14H2,1H3. The zero-order chi connectivity index (χ0) is 19.5. The van der Waals surface area contributed by atoms with E-state index in [1.54, 1.807) is 15.9 Å². The van der Waals surface area contributed by atoms with Crippen LogP contribution in [0.25, 0.3) is 11.0 Å². The Hall–Kier alpha value is -2.61. The molecule has 2 aromatic heterocycles. The van der Waals surface area contributed by atoms with E-state index in [-0.39, 0.29) is 11.6 Å². The van der Waals surface area contributed by atoms with E-state index < -0.39 is 0 Å². The minimum absolute atomic E-state index is 0.0237. The van der Waals surface area contributed by atoms with Gasteiger partial charge in [-0.3, -0.25) is 13.9 Å². The number of aryl methyl sites for hydroxylation is 2. The van der Waals surface area contributed by atoms with E-state index in [1.807, 2.05) is 45.3 Å². The Kier molecular flexibility index (Phi) is 5.47. The second kappa shape index (κ2) is 8.18. The molecule has 0 saturated carbocycles. The van der Waals surface area contributed by atoms with Gasteiger partial charge in [0.15, 0.2) is 5.13 Å². The molecule has 28 heavy (non-hydrogen) atoms. The van der Waals surface area contributed by atoms with Gasteiger partial charge in [-0.05, 0) is 18.6 Å². The Balaban J connectivity index is 1.42. The summed E-state index contributed by atoms with van der Waals surface area (Å²) in [4.78, 5) is 34.0. The SMILES string of the molecule is CCCn1c(=O)n(CCC(=O)N2CCN(c3nccs3)CC2)c2ccccc21. The van der Waals surface area contributed by atoms with Crippen LogP contribution in [0.2, 0.25) is 0 Å². The molecule has 0 atom stereocenters. The normalized spacial score (nSPS) is 14.8. The maximum atomic E-state index is 12.8. The van der Waals surface area contributed by atoms with Crippen LogP contribution in [0.3, 0.4) is 0 Å². The molecule has 1 aliphatic heterocycles. The number of para-hydroxylation sites is 2. The summed E-state index contributed by atoms with van der Waals surface area (Å²) in [5.74, 6) is 0.109. The molecule has 7 nitrogen and oxygen atoms in total. The predicted molar refractivity (Wildman–Crippen MR) is 112 cm³/mol. The summed E-state index contributed by atoms with van der Waals surface area (Å²) in [7, 11) is 0. The highest BCUT2D eigenvalue weighted by molar-refractivity contribution is 7.13. The maximum absolute atomic E-state index is 12.8. The highest BCUT2D eigenvalue weighted by Gasteiger charge is 2.22. The number of piperazine rings is 1. The van der Waals surface area contributed by atoms with Gasteiger partial charge in [0, 0.05) is 57.3 Å². The topological polar surface area (TPSA) is 63.4 Å². The van der Waals surface area contributed by atoms with Crippen molar-refractivity contribution in [1.82, 2.24) is 19.0 Å². The van der Waals surface area contributed by atoms with Crippen molar-refractivity contribution in [2.45, 2.75) is 32.9 Å². The fourth-order valence-corrected chi connectivity index (χ4v) is 4.51. The van der Waals surface area contributed by atoms with E-state index in [0.29, 0.717) is 32.6 Å². The van der Waals surface area contributed by atoms with E-state index in [9.17, 15) is 9.59 Å². The lowest BCUT2D eigenvalue weighted by Crippen LogP contribution is -2.49. The molecule has 4 rings (SSSR count). The Morgan fingerprint density at radius 2 is 1.75 bits per heavy atom. The lowest BCUT2D eigenvalue weighted by Gasteiger charge is -2.34. The summed E-state index contributed by atoms with van der Waals surface area (Å²) in [5.41, 5.74) is 1.82. The third-order valence-electron chi connectivity index (χ3n) is 5.24. The number of carbonyl (C=O) groups is 1.